The molecule has 1 aromatic rings. The maximum Gasteiger partial charge on any atom is -0.147 e. The van der Waals surface area contributed by atoms with Gasteiger partial charge in [-0.05, 0) is 0 Å². The Bertz CT molecular complexity index is 457. The fourth-order valence-corrected chi connectivity index (χ4v) is 4.96. The number of piperidine rings is 1. The fraction of sp³-hybridized carbons (Fsp3) is 0.650. The zero-order chi connectivity index (χ0) is 16.3. The van der Waals surface area contributed by atoms with Crippen LogP contribution < -0.4 is 4.46 Å². The van der Waals surface area contributed by atoms with E-state index in [0.717, 1.165) is 12.1 Å². The van der Waals surface area contributed by atoms with Gasteiger partial charge >= 0.3 is 148 Å². The molecule has 24 heavy (non-hydrogen) atoms. The smallest absolute Gasteiger partial charge is 0.147 e. The summed E-state index contributed by atoms with van der Waals surface area (Å²) in [5.41, 5.74) is 0.896. The maximum absolute atomic E-state index is 12.3. The number of Topliss-reactive ketones (excluding diaryl/α,β-unsaturated/α-hetero) is 1. The van der Waals surface area contributed by atoms with Gasteiger partial charge in [0, 0.05) is 0 Å². The Morgan fingerprint density at radius 3 is 2.42 bits per heavy atom. The minimum Gasteiger partial charge on any atom is -0.147 e. The molecule has 1 fully saturated rings. The zero-order valence-corrected chi connectivity index (χ0v) is 17.5. The number of ketones is 1. The van der Waals surface area contributed by atoms with Gasteiger partial charge in [0.25, 0.3) is 0 Å². The molecule has 0 N–H and O–H groups in total. The summed E-state index contributed by atoms with van der Waals surface area (Å²) in [6, 6.07) is 8.44. The Morgan fingerprint density at radius 1 is 1.04 bits per heavy atom. The molecule has 1 heterocycles. The fourth-order valence-electron chi connectivity index (χ4n) is 3.04. The van der Waals surface area contributed by atoms with E-state index >= 15 is 0 Å². The van der Waals surface area contributed by atoms with E-state index < -0.39 is 0 Å². The molecule has 0 aliphatic carbocycles. The number of benzene rings is 1. The van der Waals surface area contributed by atoms with Gasteiger partial charge in [-0.15, -0.1) is 12.4 Å². The third-order valence-electron chi connectivity index (χ3n) is 4.55. The van der Waals surface area contributed by atoms with Gasteiger partial charge in [-0.25, -0.2) is 0 Å². The molecule has 1 aromatic carbocycles. The SMILES string of the molecule is CCCCCC[Se]c1ccc(C(=O)CCN2CCCCC2)cc1.Cl. The van der Waals surface area contributed by atoms with Crippen LogP contribution in [0, 0.1) is 0 Å². The van der Waals surface area contributed by atoms with E-state index in [1.807, 2.05) is 12.1 Å². The molecule has 1 saturated heterocycles. The summed E-state index contributed by atoms with van der Waals surface area (Å²) >= 11 is 0.573. The van der Waals surface area contributed by atoms with Crippen molar-refractivity contribution in [1.82, 2.24) is 4.90 Å². The molecule has 0 unspecified atom stereocenters. The number of carbonyl (C=O) groups excluding carboxylic acids is 1. The number of rotatable bonds is 10. The van der Waals surface area contributed by atoms with E-state index in [1.54, 1.807) is 0 Å². The summed E-state index contributed by atoms with van der Waals surface area (Å²) in [7, 11) is 0. The van der Waals surface area contributed by atoms with Crippen LogP contribution in [0.1, 0.15) is 68.6 Å². The van der Waals surface area contributed by atoms with E-state index in [9.17, 15) is 4.79 Å². The van der Waals surface area contributed by atoms with Crippen molar-refractivity contribution in [1.29, 1.82) is 0 Å². The monoisotopic (exact) mass is 417 g/mol. The molecular formula is C20H32ClNOSe. The van der Waals surface area contributed by atoms with Crippen LogP contribution in [0.3, 0.4) is 0 Å². The first-order valence-corrected chi connectivity index (χ1v) is 11.3. The van der Waals surface area contributed by atoms with Crippen LogP contribution in [-0.4, -0.2) is 45.3 Å². The van der Waals surface area contributed by atoms with Crippen molar-refractivity contribution in [2.24, 2.45) is 0 Å². The second-order valence-electron chi connectivity index (χ2n) is 6.51. The van der Waals surface area contributed by atoms with Gasteiger partial charge in [0.2, 0.25) is 0 Å². The minimum atomic E-state index is 0. The molecule has 2 nitrogen and oxygen atoms in total. The molecule has 0 amide bonds. The molecule has 1 aliphatic heterocycles. The van der Waals surface area contributed by atoms with Crippen LogP contribution in [-0.2, 0) is 0 Å². The number of hydrogen-bond acceptors (Lipinski definition) is 2. The quantitative estimate of drug-likeness (QED) is 0.318. The van der Waals surface area contributed by atoms with Gasteiger partial charge < -0.3 is 0 Å². The predicted octanol–water partition coefficient (Wildman–Crippen LogP) is 4.50. The molecule has 0 radical (unpaired) electrons. The number of carbonyl (C=O) groups is 1. The van der Waals surface area contributed by atoms with Crippen molar-refractivity contribution in [3.63, 3.8) is 0 Å². The zero-order valence-electron chi connectivity index (χ0n) is 15.0. The van der Waals surface area contributed by atoms with E-state index in [-0.39, 0.29) is 12.4 Å². The number of nitrogens with zero attached hydrogens (tertiary/aromatic N) is 1. The van der Waals surface area contributed by atoms with Gasteiger partial charge in [-0.3, -0.25) is 0 Å². The summed E-state index contributed by atoms with van der Waals surface area (Å²) in [6.45, 7) is 5.54. The molecule has 4 heteroatoms. The predicted molar refractivity (Wildman–Crippen MR) is 107 cm³/mol. The topological polar surface area (TPSA) is 20.3 Å². The van der Waals surface area contributed by atoms with Gasteiger partial charge in [0.15, 0.2) is 0 Å². The van der Waals surface area contributed by atoms with Crippen LogP contribution in [0.5, 0.6) is 0 Å². The summed E-state index contributed by atoms with van der Waals surface area (Å²) in [5, 5.41) is 1.33. The van der Waals surface area contributed by atoms with Crippen molar-refractivity contribution < 1.29 is 4.79 Å². The van der Waals surface area contributed by atoms with Crippen molar-refractivity contribution in [3.05, 3.63) is 29.8 Å². The second-order valence-corrected chi connectivity index (χ2v) is 8.96. The first-order chi connectivity index (χ1) is 11.3. The summed E-state index contributed by atoms with van der Waals surface area (Å²) < 4.78 is 1.43. The Hall–Kier alpha value is -0.341. The van der Waals surface area contributed by atoms with Gasteiger partial charge in [-0.1, -0.05) is 0 Å². The van der Waals surface area contributed by atoms with E-state index in [1.165, 1.54) is 67.8 Å². The average Bonchev–Trinajstić information content (AvgIpc) is 2.61. The van der Waals surface area contributed by atoms with E-state index in [0.29, 0.717) is 27.2 Å². The van der Waals surface area contributed by atoms with Gasteiger partial charge in [0.05, 0.1) is 0 Å². The third-order valence-corrected chi connectivity index (χ3v) is 6.85. The summed E-state index contributed by atoms with van der Waals surface area (Å²) in [4.78, 5) is 14.7. The van der Waals surface area contributed by atoms with E-state index in [2.05, 4.69) is 24.0 Å². The number of halogens is 1. The van der Waals surface area contributed by atoms with Crippen molar-refractivity contribution in [2.45, 2.75) is 63.6 Å². The third kappa shape index (κ3) is 8.16. The Labute approximate surface area is 160 Å². The molecule has 1 aliphatic rings. The van der Waals surface area contributed by atoms with Gasteiger partial charge in [-0.2, -0.15) is 0 Å². The Kier molecular flexibility index (Phi) is 11.7. The standard InChI is InChI=1S/C20H31NOSe.ClH/c1-2-3-4-8-17-23-19-11-9-18(10-12-19)20(22)13-16-21-14-6-5-7-15-21;/h9-12H,2-8,13-17H2,1H3;1H. The van der Waals surface area contributed by atoms with E-state index in [4.69, 9.17) is 0 Å². The molecular weight excluding hydrogens is 385 g/mol. The van der Waals surface area contributed by atoms with Crippen molar-refractivity contribution in [3.8, 4) is 0 Å². The summed E-state index contributed by atoms with van der Waals surface area (Å²) in [5.74, 6) is 0.303. The first kappa shape index (κ1) is 21.7. The minimum absolute atomic E-state index is 0. The first-order valence-electron chi connectivity index (χ1n) is 9.28. The molecule has 2 rings (SSSR count). The normalized spacial score (nSPS) is 15.0. The molecule has 0 bridgehead atoms. The van der Waals surface area contributed by atoms with Crippen LogP contribution in [0.25, 0.3) is 0 Å². The Morgan fingerprint density at radius 2 is 1.75 bits per heavy atom. The van der Waals surface area contributed by atoms with Crippen molar-refractivity contribution in [2.75, 3.05) is 19.6 Å². The van der Waals surface area contributed by atoms with Crippen LogP contribution in [0.15, 0.2) is 24.3 Å². The summed E-state index contributed by atoms with van der Waals surface area (Å²) in [6.07, 6.45) is 10.00. The van der Waals surface area contributed by atoms with Gasteiger partial charge in [0.1, 0.15) is 0 Å². The largest absolute Gasteiger partial charge is 0.147 e. The van der Waals surface area contributed by atoms with Crippen LogP contribution in [0.4, 0.5) is 0 Å². The molecule has 0 spiro atoms. The number of hydrogen-bond donors (Lipinski definition) is 0. The average molecular weight is 417 g/mol. The number of likely N-dealkylation sites (tertiary alicyclic amines) is 1. The number of unbranched alkanes of at least 4 members (excludes halogenated alkanes) is 3. The van der Waals surface area contributed by atoms with Crippen LogP contribution in [0.2, 0.25) is 5.32 Å². The molecule has 0 atom stereocenters. The Balaban J connectivity index is 0.00000288. The second kappa shape index (κ2) is 12.9. The molecule has 136 valence electrons. The maximum atomic E-state index is 12.3. The van der Waals surface area contributed by atoms with Crippen molar-refractivity contribution >= 4 is 37.6 Å². The molecule has 0 aromatic heterocycles. The molecule has 0 saturated carbocycles. The van der Waals surface area contributed by atoms with Crippen LogP contribution >= 0.6 is 12.4 Å².